The molecule has 0 unspecified atom stereocenters. The summed E-state index contributed by atoms with van der Waals surface area (Å²) in [4.78, 5) is 15.2. The van der Waals surface area contributed by atoms with Gasteiger partial charge < -0.3 is 0 Å². The van der Waals surface area contributed by atoms with E-state index in [2.05, 4.69) is 25.7 Å². The number of nitro groups is 1. The number of thiophene rings is 1. The SMILES string of the molecule is Cc1ccc(C2(Sc3ncc([N+](=O)[O-])s3)N=NN=N2)s1. The molecule has 2 aromatic rings. The van der Waals surface area contributed by atoms with Crippen molar-refractivity contribution in [1.29, 1.82) is 0 Å². The second-order valence-electron chi connectivity index (χ2n) is 3.72. The predicted molar refractivity (Wildman–Crippen MR) is 75.1 cm³/mol. The van der Waals surface area contributed by atoms with Crippen molar-refractivity contribution >= 4 is 39.4 Å². The average molecular weight is 326 g/mol. The molecule has 0 aromatic carbocycles. The zero-order valence-corrected chi connectivity index (χ0v) is 12.4. The summed E-state index contributed by atoms with van der Waals surface area (Å²) in [6, 6.07) is 3.86. The van der Waals surface area contributed by atoms with Crippen molar-refractivity contribution < 1.29 is 4.92 Å². The van der Waals surface area contributed by atoms with Crippen LogP contribution in [0.15, 0.2) is 43.3 Å². The highest BCUT2D eigenvalue weighted by Gasteiger charge is 2.40. The molecule has 0 amide bonds. The molecule has 0 spiro atoms. The third kappa shape index (κ3) is 2.34. The Kier molecular flexibility index (Phi) is 3.31. The molecule has 0 radical (unpaired) electrons. The topological polar surface area (TPSA) is 105 Å². The Balaban J connectivity index is 1.94. The van der Waals surface area contributed by atoms with Crippen LogP contribution >= 0.6 is 34.4 Å². The largest absolute Gasteiger partial charge is 0.344 e. The van der Waals surface area contributed by atoms with Crippen molar-refractivity contribution in [2.45, 2.75) is 16.3 Å². The molecule has 0 N–H and O–H groups in total. The fourth-order valence-electron chi connectivity index (χ4n) is 1.48. The minimum atomic E-state index is -1.01. The molecule has 20 heavy (non-hydrogen) atoms. The fraction of sp³-hybridized carbons (Fsp3) is 0.222. The van der Waals surface area contributed by atoms with Gasteiger partial charge in [0, 0.05) is 4.88 Å². The van der Waals surface area contributed by atoms with Gasteiger partial charge in [0.15, 0.2) is 4.34 Å². The number of aryl methyl sites for hydroxylation is 1. The molecule has 0 saturated heterocycles. The monoisotopic (exact) mass is 326 g/mol. The van der Waals surface area contributed by atoms with Crippen molar-refractivity contribution in [2.75, 3.05) is 0 Å². The summed E-state index contributed by atoms with van der Waals surface area (Å²) < 4.78 is 0.502. The zero-order valence-electron chi connectivity index (χ0n) is 9.96. The summed E-state index contributed by atoms with van der Waals surface area (Å²) in [7, 11) is 0. The van der Waals surface area contributed by atoms with Crippen LogP contribution in [-0.2, 0) is 4.99 Å². The zero-order chi connectivity index (χ0) is 14.2. The van der Waals surface area contributed by atoms with Crippen LogP contribution in [-0.4, -0.2) is 9.91 Å². The molecule has 0 atom stereocenters. The lowest BCUT2D eigenvalue weighted by atomic mass is 10.4. The van der Waals surface area contributed by atoms with Gasteiger partial charge in [-0.2, -0.15) is 0 Å². The Morgan fingerprint density at radius 1 is 1.30 bits per heavy atom. The number of thiazole rings is 1. The Morgan fingerprint density at radius 3 is 2.60 bits per heavy atom. The van der Waals surface area contributed by atoms with Crippen LogP contribution < -0.4 is 0 Å². The highest BCUT2D eigenvalue weighted by Crippen LogP contribution is 2.50. The first-order valence-electron chi connectivity index (χ1n) is 5.29. The van der Waals surface area contributed by atoms with Crippen molar-refractivity contribution in [2.24, 2.45) is 20.7 Å². The summed E-state index contributed by atoms with van der Waals surface area (Å²) in [6.07, 6.45) is 1.23. The number of thioether (sulfide) groups is 1. The standard InChI is InChI=1S/C9H6N6O2S3/c1-5-2-3-6(18-5)9(11-13-14-12-9)20-8-10-4-7(19-8)15(16)17/h2-4H,1H3. The van der Waals surface area contributed by atoms with Gasteiger partial charge >= 0.3 is 5.00 Å². The van der Waals surface area contributed by atoms with Crippen LogP contribution in [0.25, 0.3) is 0 Å². The third-order valence-electron chi connectivity index (χ3n) is 2.34. The summed E-state index contributed by atoms with van der Waals surface area (Å²) in [5, 5.41) is 25.9. The lowest BCUT2D eigenvalue weighted by molar-refractivity contribution is -0.380. The minimum absolute atomic E-state index is 0.0168. The molecule has 3 rings (SSSR count). The van der Waals surface area contributed by atoms with Gasteiger partial charge in [0.05, 0.1) is 9.80 Å². The molecule has 0 fully saturated rings. The van der Waals surface area contributed by atoms with E-state index in [-0.39, 0.29) is 5.00 Å². The van der Waals surface area contributed by atoms with Crippen molar-refractivity contribution in [3.63, 3.8) is 0 Å². The molecule has 3 heterocycles. The van der Waals surface area contributed by atoms with E-state index < -0.39 is 9.92 Å². The van der Waals surface area contributed by atoms with Crippen LogP contribution in [0.1, 0.15) is 9.75 Å². The number of nitrogens with zero attached hydrogens (tertiary/aromatic N) is 6. The predicted octanol–water partition coefficient (Wildman–Crippen LogP) is 4.16. The van der Waals surface area contributed by atoms with E-state index in [9.17, 15) is 10.1 Å². The number of hydrogen-bond donors (Lipinski definition) is 0. The summed E-state index contributed by atoms with van der Waals surface area (Å²) in [5.41, 5.74) is 0. The van der Waals surface area contributed by atoms with E-state index in [0.717, 1.165) is 21.1 Å². The van der Waals surface area contributed by atoms with Gasteiger partial charge in [-0.15, -0.1) is 21.6 Å². The number of aromatic nitrogens is 1. The highest BCUT2D eigenvalue weighted by molar-refractivity contribution is 8.02. The Hall–Kier alpha value is -1.72. The number of rotatable bonds is 4. The Bertz CT molecular complexity index is 709. The summed E-state index contributed by atoms with van der Waals surface area (Å²) >= 11 is 3.71. The maximum atomic E-state index is 10.7. The average Bonchev–Trinajstić information content (AvgIpc) is 3.10. The molecule has 0 saturated carbocycles. The minimum Gasteiger partial charge on any atom is -0.257 e. The van der Waals surface area contributed by atoms with Crippen LogP contribution in [0.3, 0.4) is 0 Å². The molecular weight excluding hydrogens is 320 g/mol. The molecule has 8 nitrogen and oxygen atoms in total. The summed E-state index contributed by atoms with van der Waals surface area (Å²) in [6.45, 7) is 1.98. The maximum Gasteiger partial charge on any atom is 0.344 e. The molecule has 102 valence electrons. The highest BCUT2D eigenvalue weighted by atomic mass is 32.2. The van der Waals surface area contributed by atoms with Gasteiger partial charge in [0.2, 0.25) is 0 Å². The fourth-order valence-corrected chi connectivity index (χ4v) is 4.48. The van der Waals surface area contributed by atoms with Crippen LogP contribution in [0.4, 0.5) is 5.00 Å². The van der Waals surface area contributed by atoms with E-state index >= 15 is 0 Å². The van der Waals surface area contributed by atoms with Crippen molar-refractivity contribution in [1.82, 2.24) is 4.98 Å². The molecule has 0 bridgehead atoms. The molecule has 2 aromatic heterocycles. The van der Waals surface area contributed by atoms with E-state index in [0.29, 0.717) is 4.34 Å². The Morgan fingerprint density at radius 2 is 2.05 bits per heavy atom. The van der Waals surface area contributed by atoms with Gasteiger partial charge in [0.1, 0.15) is 6.20 Å². The van der Waals surface area contributed by atoms with Gasteiger partial charge in [-0.1, -0.05) is 0 Å². The molecule has 1 aliphatic heterocycles. The smallest absolute Gasteiger partial charge is 0.257 e. The molecule has 1 aliphatic rings. The maximum absolute atomic E-state index is 10.7. The van der Waals surface area contributed by atoms with E-state index in [4.69, 9.17) is 0 Å². The summed E-state index contributed by atoms with van der Waals surface area (Å²) in [5.74, 6) is 0. The van der Waals surface area contributed by atoms with E-state index in [1.807, 2.05) is 19.1 Å². The molecular formula is C9H6N6O2S3. The first-order chi connectivity index (χ1) is 9.59. The van der Waals surface area contributed by atoms with Crippen LogP contribution in [0.2, 0.25) is 0 Å². The normalized spacial score (nSPS) is 15.8. The lowest BCUT2D eigenvalue weighted by Crippen LogP contribution is -2.11. The van der Waals surface area contributed by atoms with Crippen LogP contribution in [0, 0.1) is 17.0 Å². The van der Waals surface area contributed by atoms with E-state index in [1.54, 1.807) is 0 Å². The first kappa shape index (κ1) is 13.3. The molecule has 11 heteroatoms. The quantitative estimate of drug-likeness (QED) is 0.621. The third-order valence-corrected chi connectivity index (χ3v) is 5.76. The second-order valence-corrected chi connectivity index (χ2v) is 7.44. The van der Waals surface area contributed by atoms with Crippen molar-refractivity contribution in [3.8, 4) is 0 Å². The Labute approximate surface area is 124 Å². The molecule has 0 aliphatic carbocycles. The van der Waals surface area contributed by atoms with Gasteiger partial charge in [0.25, 0.3) is 4.99 Å². The van der Waals surface area contributed by atoms with Gasteiger partial charge in [-0.3, -0.25) is 10.1 Å². The lowest BCUT2D eigenvalue weighted by Gasteiger charge is -2.15. The van der Waals surface area contributed by atoms with Crippen LogP contribution in [0.5, 0.6) is 0 Å². The first-order valence-corrected chi connectivity index (χ1v) is 7.74. The number of hydrogen-bond acceptors (Lipinski definition) is 10. The van der Waals surface area contributed by atoms with E-state index in [1.165, 1.54) is 29.3 Å². The second kappa shape index (κ2) is 5.00. The van der Waals surface area contributed by atoms with Gasteiger partial charge in [-0.25, -0.2) is 4.98 Å². The van der Waals surface area contributed by atoms with Gasteiger partial charge in [-0.05, 0) is 52.6 Å². The van der Waals surface area contributed by atoms with Crippen molar-refractivity contribution in [3.05, 3.63) is 38.2 Å².